The van der Waals surface area contributed by atoms with E-state index in [1.807, 2.05) is 19.1 Å². The Balaban J connectivity index is 2.41. The van der Waals surface area contributed by atoms with Gasteiger partial charge in [0.05, 0.1) is 14.2 Å². The average molecular weight is 273 g/mol. The standard InChI is InChI=1S/C16H19NO3/c1-10-8-11(4-7-14(10)17)16(18)13-6-5-12(19-2)9-15(13)20-3/h4-9,16,18H,17H2,1-3H3/t16-/m1/s1. The highest BCUT2D eigenvalue weighted by molar-refractivity contribution is 5.51. The van der Waals surface area contributed by atoms with Crippen LogP contribution in [-0.4, -0.2) is 19.3 Å². The van der Waals surface area contributed by atoms with Gasteiger partial charge in [-0.1, -0.05) is 12.1 Å². The summed E-state index contributed by atoms with van der Waals surface area (Å²) in [5.74, 6) is 1.28. The Morgan fingerprint density at radius 1 is 1.05 bits per heavy atom. The fourth-order valence-electron chi connectivity index (χ4n) is 2.09. The Morgan fingerprint density at radius 3 is 2.40 bits per heavy atom. The van der Waals surface area contributed by atoms with Crippen LogP contribution in [0.3, 0.4) is 0 Å². The van der Waals surface area contributed by atoms with Crippen molar-refractivity contribution in [2.45, 2.75) is 13.0 Å². The zero-order valence-corrected chi connectivity index (χ0v) is 11.9. The second-order valence-electron chi connectivity index (χ2n) is 4.63. The van der Waals surface area contributed by atoms with Gasteiger partial charge in [-0.25, -0.2) is 0 Å². The highest BCUT2D eigenvalue weighted by Gasteiger charge is 2.16. The third-order valence-electron chi connectivity index (χ3n) is 3.34. The summed E-state index contributed by atoms with van der Waals surface area (Å²) in [6, 6.07) is 10.8. The molecule has 106 valence electrons. The summed E-state index contributed by atoms with van der Waals surface area (Å²) in [7, 11) is 3.16. The lowest BCUT2D eigenvalue weighted by molar-refractivity contribution is 0.214. The van der Waals surface area contributed by atoms with Crippen LogP contribution in [0.25, 0.3) is 0 Å². The number of aliphatic hydroxyl groups is 1. The second-order valence-corrected chi connectivity index (χ2v) is 4.63. The predicted molar refractivity (Wildman–Crippen MR) is 79.2 cm³/mol. The van der Waals surface area contributed by atoms with Gasteiger partial charge in [0.1, 0.15) is 17.6 Å². The van der Waals surface area contributed by atoms with Crippen molar-refractivity contribution in [3.8, 4) is 11.5 Å². The third-order valence-corrected chi connectivity index (χ3v) is 3.34. The van der Waals surface area contributed by atoms with Crippen LogP contribution in [0.5, 0.6) is 11.5 Å². The van der Waals surface area contributed by atoms with Crippen LogP contribution >= 0.6 is 0 Å². The minimum atomic E-state index is -0.768. The van der Waals surface area contributed by atoms with E-state index >= 15 is 0 Å². The van der Waals surface area contributed by atoms with Crippen molar-refractivity contribution < 1.29 is 14.6 Å². The zero-order valence-electron chi connectivity index (χ0n) is 11.9. The molecule has 0 aliphatic carbocycles. The van der Waals surface area contributed by atoms with Gasteiger partial charge in [0.25, 0.3) is 0 Å². The van der Waals surface area contributed by atoms with E-state index in [0.29, 0.717) is 22.7 Å². The molecular formula is C16H19NO3. The fraction of sp³-hybridized carbons (Fsp3) is 0.250. The topological polar surface area (TPSA) is 64.7 Å². The Morgan fingerprint density at radius 2 is 1.80 bits per heavy atom. The van der Waals surface area contributed by atoms with Crippen molar-refractivity contribution in [1.82, 2.24) is 0 Å². The van der Waals surface area contributed by atoms with E-state index in [1.54, 1.807) is 38.5 Å². The van der Waals surface area contributed by atoms with Crippen molar-refractivity contribution in [3.05, 3.63) is 53.1 Å². The monoisotopic (exact) mass is 273 g/mol. The van der Waals surface area contributed by atoms with Crippen LogP contribution in [0, 0.1) is 6.92 Å². The predicted octanol–water partition coefficient (Wildman–Crippen LogP) is 2.68. The first kappa shape index (κ1) is 14.2. The number of hydrogen-bond donors (Lipinski definition) is 2. The largest absolute Gasteiger partial charge is 0.497 e. The lowest BCUT2D eigenvalue weighted by atomic mass is 9.98. The number of aliphatic hydroxyl groups excluding tert-OH is 1. The molecule has 0 amide bonds. The van der Waals surface area contributed by atoms with Crippen molar-refractivity contribution in [2.75, 3.05) is 20.0 Å². The number of nitrogen functional groups attached to an aromatic ring is 1. The number of ether oxygens (including phenoxy) is 2. The molecule has 1 atom stereocenters. The number of aryl methyl sites for hydroxylation is 1. The van der Waals surface area contributed by atoms with Gasteiger partial charge in [-0.05, 0) is 36.2 Å². The van der Waals surface area contributed by atoms with Gasteiger partial charge in [-0.3, -0.25) is 0 Å². The second kappa shape index (κ2) is 5.84. The lowest BCUT2D eigenvalue weighted by Gasteiger charge is -2.17. The molecule has 0 spiro atoms. The summed E-state index contributed by atoms with van der Waals surface area (Å²) < 4.78 is 10.5. The van der Waals surface area contributed by atoms with Gasteiger partial charge in [0, 0.05) is 17.3 Å². The molecule has 20 heavy (non-hydrogen) atoms. The smallest absolute Gasteiger partial charge is 0.128 e. The number of methoxy groups -OCH3 is 2. The molecule has 2 aromatic carbocycles. The van der Waals surface area contributed by atoms with Crippen LogP contribution in [0.15, 0.2) is 36.4 Å². The first-order valence-electron chi connectivity index (χ1n) is 6.33. The summed E-state index contributed by atoms with van der Waals surface area (Å²) in [6.45, 7) is 1.91. The van der Waals surface area contributed by atoms with Gasteiger partial charge >= 0.3 is 0 Å². The maximum Gasteiger partial charge on any atom is 0.128 e. The van der Waals surface area contributed by atoms with Crippen molar-refractivity contribution in [2.24, 2.45) is 0 Å². The van der Waals surface area contributed by atoms with E-state index in [0.717, 1.165) is 11.1 Å². The molecule has 0 aliphatic rings. The summed E-state index contributed by atoms with van der Waals surface area (Å²) in [5, 5.41) is 10.5. The molecule has 0 heterocycles. The number of hydrogen-bond acceptors (Lipinski definition) is 4. The van der Waals surface area contributed by atoms with E-state index in [4.69, 9.17) is 15.2 Å². The van der Waals surface area contributed by atoms with Gasteiger partial charge in [0.2, 0.25) is 0 Å². The molecule has 0 saturated heterocycles. The van der Waals surface area contributed by atoms with Crippen LogP contribution in [0.2, 0.25) is 0 Å². The summed E-state index contributed by atoms with van der Waals surface area (Å²) in [4.78, 5) is 0. The quantitative estimate of drug-likeness (QED) is 0.841. The molecule has 4 heteroatoms. The Kier molecular flexibility index (Phi) is 4.15. The highest BCUT2D eigenvalue weighted by atomic mass is 16.5. The third kappa shape index (κ3) is 2.70. The molecule has 0 unspecified atom stereocenters. The van der Waals surface area contributed by atoms with Crippen LogP contribution in [0.1, 0.15) is 22.8 Å². The van der Waals surface area contributed by atoms with E-state index < -0.39 is 6.10 Å². The van der Waals surface area contributed by atoms with Crippen LogP contribution in [-0.2, 0) is 0 Å². The molecule has 0 radical (unpaired) electrons. The van der Waals surface area contributed by atoms with Crippen LogP contribution < -0.4 is 15.2 Å². The molecule has 3 N–H and O–H groups in total. The minimum absolute atomic E-state index is 0.589. The Hall–Kier alpha value is -2.20. The Labute approximate surface area is 118 Å². The number of rotatable bonds is 4. The van der Waals surface area contributed by atoms with E-state index in [9.17, 15) is 5.11 Å². The molecule has 0 aliphatic heterocycles. The number of nitrogens with two attached hydrogens (primary N) is 1. The molecule has 2 aromatic rings. The van der Waals surface area contributed by atoms with E-state index in [-0.39, 0.29) is 0 Å². The summed E-state index contributed by atoms with van der Waals surface area (Å²) in [5.41, 5.74) is 8.92. The molecular weight excluding hydrogens is 254 g/mol. The van der Waals surface area contributed by atoms with E-state index in [1.165, 1.54) is 0 Å². The van der Waals surface area contributed by atoms with Crippen molar-refractivity contribution in [3.63, 3.8) is 0 Å². The fourth-order valence-corrected chi connectivity index (χ4v) is 2.09. The highest BCUT2D eigenvalue weighted by Crippen LogP contribution is 2.33. The van der Waals surface area contributed by atoms with Gasteiger partial charge in [0.15, 0.2) is 0 Å². The minimum Gasteiger partial charge on any atom is -0.497 e. The van der Waals surface area contributed by atoms with E-state index in [2.05, 4.69) is 0 Å². The molecule has 0 aromatic heterocycles. The summed E-state index contributed by atoms with van der Waals surface area (Å²) in [6.07, 6.45) is -0.768. The van der Waals surface area contributed by atoms with Crippen LogP contribution in [0.4, 0.5) is 5.69 Å². The molecule has 0 saturated carbocycles. The molecule has 4 nitrogen and oxygen atoms in total. The lowest BCUT2D eigenvalue weighted by Crippen LogP contribution is -2.04. The first-order chi connectivity index (χ1) is 9.56. The van der Waals surface area contributed by atoms with Gasteiger partial charge in [-0.2, -0.15) is 0 Å². The maximum atomic E-state index is 10.5. The SMILES string of the molecule is COc1ccc([C@H](O)c2ccc(N)c(C)c2)c(OC)c1. The molecule has 0 fully saturated rings. The average Bonchev–Trinajstić information content (AvgIpc) is 2.48. The Bertz CT molecular complexity index is 611. The number of benzene rings is 2. The molecule has 2 rings (SSSR count). The normalized spacial score (nSPS) is 12.0. The van der Waals surface area contributed by atoms with Crippen molar-refractivity contribution >= 4 is 5.69 Å². The summed E-state index contributed by atoms with van der Waals surface area (Å²) >= 11 is 0. The molecule has 0 bridgehead atoms. The maximum absolute atomic E-state index is 10.5. The van der Waals surface area contributed by atoms with Gasteiger partial charge < -0.3 is 20.3 Å². The number of anilines is 1. The van der Waals surface area contributed by atoms with Gasteiger partial charge in [-0.15, -0.1) is 0 Å². The first-order valence-corrected chi connectivity index (χ1v) is 6.33. The zero-order chi connectivity index (χ0) is 14.7. The van der Waals surface area contributed by atoms with Crippen molar-refractivity contribution in [1.29, 1.82) is 0 Å².